The predicted octanol–water partition coefficient (Wildman–Crippen LogP) is 6.52. The molecule has 2 aromatic heterocycles. The molecule has 4 nitrogen and oxygen atoms in total. The molecule has 28 heavy (non-hydrogen) atoms. The standard InChI is InChI=1S/C22H19ClN4S/c1-22(2)13-27(18-8-4-3-6-15(18)22)20-16(7-5-11-24-20)25-21-26-17-12-14(23)9-10-19(17)28-21/h3-12H,13H2,1-2H3,(H,25,26). The third kappa shape index (κ3) is 2.91. The van der Waals surface area contributed by atoms with Gasteiger partial charge in [-0.3, -0.25) is 0 Å². The molecule has 140 valence electrons. The zero-order valence-corrected chi connectivity index (χ0v) is 17.2. The highest BCUT2D eigenvalue weighted by molar-refractivity contribution is 7.22. The monoisotopic (exact) mass is 406 g/mol. The Morgan fingerprint density at radius 3 is 2.86 bits per heavy atom. The van der Waals surface area contributed by atoms with Crippen LogP contribution in [0, 0.1) is 0 Å². The third-order valence-corrected chi connectivity index (χ3v) is 6.30. The summed E-state index contributed by atoms with van der Waals surface area (Å²) in [6.07, 6.45) is 1.84. The fourth-order valence-corrected chi connectivity index (χ4v) is 4.84. The summed E-state index contributed by atoms with van der Waals surface area (Å²) in [5, 5.41) is 5.00. The fourth-order valence-electron chi connectivity index (χ4n) is 3.81. The number of nitrogens with one attached hydrogen (secondary N) is 1. The molecule has 2 aromatic carbocycles. The van der Waals surface area contributed by atoms with Gasteiger partial charge in [0.25, 0.3) is 0 Å². The van der Waals surface area contributed by atoms with Crippen LogP contribution in [0.3, 0.4) is 0 Å². The van der Waals surface area contributed by atoms with Crippen molar-refractivity contribution in [3.05, 3.63) is 71.4 Å². The largest absolute Gasteiger partial charge is 0.328 e. The number of fused-ring (bicyclic) bond motifs is 2. The first-order chi connectivity index (χ1) is 13.5. The Balaban J connectivity index is 1.55. The number of thiazole rings is 1. The van der Waals surface area contributed by atoms with E-state index in [1.165, 1.54) is 11.3 Å². The van der Waals surface area contributed by atoms with Crippen LogP contribution in [0.1, 0.15) is 19.4 Å². The maximum Gasteiger partial charge on any atom is 0.188 e. The number of anilines is 4. The topological polar surface area (TPSA) is 41.1 Å². The van der Waals surface area contributed by atoms with Crippen LogP contribution in [0.4, 0.5) is 22.3 Å². The highest BCUT2D eigenvalue weighted by atomic mass is 35.5. The second-order valence-corrected chi connectivity index (χ2v) is 9.08. The molecule has 1 aliphatic heterocycles. The van der Waals surface area contributed by atoms with E-state index in [2.05, 4.69) is 59.4 Å². The van der Waals surface area contributed by atoms with Crippen LogP contribution in [0.15, 0.2) is 60.8 Å². The summed E-state index contributed by atoms with van der Waals surface area (Å²) in [5.74, 6) is 0.915. The van der Waals surface area contributed by atoms with Crippen LogP contribution in [-0.2, 0) is 5.41 Å². The molecule has 1 N–H and O–H groups in total. The van der Waals surface area contributed by atoms with Crippen LogP contribution >= 0.6 is 22.9 Å². The lowest BCUT2D eigenvalue weighted by molar-refractivity contribution is 0.568. The van der Waals surface area contributed by atoms with Crippen molar-refractivity contribution >= 4 is 55.5 Å². The summed E-state index contributed by atoms with van der Waals surface area (Å²) in [5.41, 5.74) is 4.47. The van der Waals surface area contributed by atoms with Crippen LogP contribution < -0.4 is 10.2 Å². The van der Waals surface area contributed by atoms with Gasteiger partial charge in [0.2, 0.25) is 0 Å². The number of hydrogen-bond donors (Lipinski definition) is 1. The summed E-state index contributed by atoms with van der Waals surface area (Å²) in [6, 6.07) is 18.4. The predicted molar refractivity (Wildman–Crippen MR) is 119 cm³/mol. The van der Waals surface area contributed by atoms with Gasteiger partial charge in [-0.2, -0.15) is 0 Å². The highest BCUT2D eigenvalue weighted by Crippen LogP contribution is 2.45. The maximum atomic E-state index is 6.10. The number of halogens is 1. The summed E-state index contributed by atoms with van der Waals surface area (Å²) in [6.45, 7) is 5.44. The lowest BCUT2D eigenvalue weighted by Crippen LogP contribution is -2.26. The molecule has 3 heterocycles. The zero-order chi connectivity index (χ0) is 19.3. The number of pyridine rings is 1. The molecule has 0 atom stereocenters. The van der Waals surface area contributed by atoms with E-state index in [-0.39, 0.29) is 5.41 Å². The molecule has 4 aromatic rings. The Labute approximate surface area is 172 Å². The van der Waals surface area contributed by atoms with E-state index in [1.807, 2.05) is 30.5 Å². The number of para-hydroxylation sites is 1. The van der Waals surface area contributed by atoms with Gasteiger partial charge in [0, 0.05) is 28.9 Å². The maximum absolute atomic E-state index is 6.10. The van der Waals surface area contributed by atoms with E-state index in [0.717, 1.165) is 33.4 Å². The van der Waals surface area contributed by atoms with Crippen molar-refractivity contribution in [3.8, 4) is 0 Å². The van der Waals surface area contributed by atoms with Crippen LogP contribution in [0.5, 0.6) is 0 Å². The lowest BCUT2D eigenvalue weighted by Gasteiger charge is -2.23. The Morgan fingerprint density at radius 2 is 1.96 bits per heavy atom. The zero-order valence-electron chi connectivity index (χ0n) is 15.6. The minimum Gasteiger partial charge on any atom is -0.328 e. The van der Waals surface area contributed by atoms with Crippen molar-refractivity contribution in [2.75, 3.05) is 16.8 Å². The van der Waals surface area contributed by atoms with Gasteiger partial charge < -0.3 is 10.2 Å². The van der Waals surface area contributed by atoms with E-state index in [9.17, 15) is 0 Å². The molecular weight excluding hydrogens is 388 g/mol. The number of benzene rings is 2. The van der Waals surface area contributed by atoms with E-state index in [0.29, 0.717) is 5.02 Å². The molecule has 5 rings (SSSR count). The van der Waals surface area contributed by atoms with Crippen LogP contribution in [0.25, 0.3) is 10.2 Å². The summed E-state index contributed by atoms with van der Waals surface area (Å²) < 4.78 is 1.10. The molecule has 6 heteroatoms. The summed E-state index contributed by atoms with van der Waals surface area (Å²) in [7, 11) is 0. The Kier molecular flexibility index (Phi) is 4.03. The Hall–Kier alpha value is -2.63. The van der Waals surface area contributed by atoms with Crippen molar-refractivity contribution in [2.24, 2.45) is 0 Å². The number of hydrogen-bond acceptors (Lipinski definition) is 5. The van der Waals surface area contributed by atoms with E-state index >= 15 is 0 Å². The molecule has 0 fully saturated rings. The van der Waals surface area contributed by atoms with Crippen LogP contribution in [-0.4, -0.2) is 16.5 Å². The molecule has 0 amide bonds. The molecule has 0 unspecified atom stereocenters. The fraction of sp³-hybridized carbons (Fsp3) is 0.182. The number of rotatable bonds is 3. The van der Waals surface area contributed by atoms with Gasteiger partial charge in [-0.25, -0.2) is 9.97 Å². The smallest absolute Gasteiger partial charge is 0.188 e. The van der Waals surface area contributed by atoms with Gasteiger partial charge >= 0.3 is 0 Å². The van der Waals surface area contributed by atoms with Crippen molar-refractivity contribution in [3.63, 3.8) is 0 Å². The van der Waals surface area contributed by atoms with Gasteiger partial charge in [-0.15, -0.1) is 0 Å². The minimum atomic E-state index is 0.0675. The molecule has 1 aliphatic rings. The van der Waals surface area contributed by atoms with E-state index in [4.69, 9.17) is 16.6 Å². The van der Waals surface area contributed by atoms with Gasteiger partial charge in [0.1, 0.15) is 0 Å². The molecule has 0 spiro atoms. The van der Waals surface area contributed by atoms with Crippen molar-refractivity contribution in [2.45, 2.75) is 19.3 Å². The molecule has 0 radical (unpaired) electrons. The Bertz CT molecular complexity index is 1180. The second kappa shape index (κ2) is 6.47. The molecule has 0 saturated heterocycles. The van der Waals surface area contributed by atoms with Gasteiger partial charge in [0.05, 0.1) is 15.9 Å². The average molecular weight is 407 g/mol. The van der Waals surface area contributed by atoms with Crippen molar-refractivity contribution in [1.29, 1.82) is 0 Å². The van der Waals surface area contributed by atoms with E-state index in [1.54, 1.807) is 11.3 Å². The highest BCUT2D eigenvalue weighted by Gasteiger charge is 2.36. The quantitative estimate of drug-likeness (QED) is 0.420. The van der Waals surface area contributed by atoms with E-state index < -0.39 is 0 Å². The Morgan fingerprint density at radius 1 is 1.11 bits per heavy atom. The number of aromatic nitrogens is 2. The summed E-state index contributed by atoms with van der Waals surface area (Å²) in [4.78, 5) is 11.7. The normalized spacial score (nSPS) is 15.0. The van der Waals surface area contributed by atoms with Crippen molar-refractivity contribution < 1.29 is 0 Å². The average Bonchev–Trinajstić information content (AvgIpc) is 3.20. The SMILES string of the molecule is CC1(C)CN(c2ncccc2Nc2nc3cc(Cl)ccc3s2)c2ccccc21. The van der Waals surface area contributed by atoms with Gasteiger partial charge in [0.15, 0.2) is 10.9 Å². The second-order valence-electron chi connectivity index (χ2n) is 7.62. The van der Waals surface area contributed by atoms with Gasteiger partial charge in [-0.1, -0.05) is 55.0 Å². The molecule has 0 aliphatic carbocycles. The molecular formula is C22H19ClN4S. The van der Waals surface area contributed by atoms with Crippen molar-refractivity contribution in [1.82, 2.24) is 9.97 Å². The first-order valence-electron chi connectivity index (χ1n) is 9.16. The first kappa shape index (κ1) is 17.5. The first-order valence-corrected chi connectivity index (χ1v) is 10.4. The molecule has 0 bridgehead atoms. The summed E-state index contributed by atoms with van der Waals surface area (Å²) >= 11 is 7.71. The minimum absolute atomic E-state index is 0.0675. The molecule has 0 saturated carbocycles. The van der Waals surface area contributed by atoms with Gasteiger partial charge in [-0.05, 0) is 42.0 Å². The number of nitrogens with zero attached hydrogens (tertiary/aromatic N) is 3. The lowest BCUT2D eigenvalue weighted by atomic mass is 9.87. The third-order valence-electron chi connectivity index (χ3n) is 5.11. The van der Waals surface area contributed by atoms with Crippen LogP contribution in [0.2, 0.25) is 5.02 Å².